The molecule has 4 N–H and O–H groups in total. The summed E-state index contributed by atoms with van der Waals surface area (Å²) in [6.07, 6.45) is 4.32. The first-order valence-corrected chi connectivity index (χ1v) is 13.1. The van der Waals surface area contributed by atoms with E-state index in [0.717, 1.165) is 12.8 Å². The van der Waals surface area contributed by atoms with Gasteiger partial charge in [0, 0.05) is 29.6 Å². The Kier molecular flexibility index (Phi) is 7.84. The number of nitrogens with two attached hydrogens (primary N) is 1. The first-order valence-electron chi connectivity index (χ1n) is 11.9. The normalized spacial score (nSPS) is 21.6. The summed E-state index contributed by atoms with van der Waals surface area (Å²) in [7, 11) is 0. The van der Waals surface area contributed by atoms with Crippen LogP contribution in [0.2, 0.25) is 5.02 Å². The fourth-order valence-electron chi connectivity index (χ4n) is 4.76. The van der Waals surface area contributed by atoms with Crippen molar-refractivity contribution >= 4 is 41.1 Å². The van der Waals surface area contributed by atoms with E-state index in [1.807, 2.05) is 27.7 Å². The molecule has 1 spiro atoms. The maximum atomic E-state index is 12.5. The first-order chi connectivity index (χ1) is 17.0. The summed E-state index contributed by atoms with van der Waals surface area (Å²) in [6, 6.07) is 1.61. The quantitative estimate of drug-likeness (QED) is 0.519. The number of carbonyl (C=O) groups excluding carboxylic acids is 1. The molecule has 0 aromatic carbocycles. The molecule has 0 unspecified atom stereocenters. The average Bonchev–Trinajstić information content (AvgIpc) is 3.11. The minimum Gasteiger partial charge on any atom is -0.444 e. The van der Waals surface area contributed by atoms with Crippen molar-refractivity contribution in [3.63, 3.8) is 0 Å². The Morgan fingerprint density at radius 1 is 1.39 bits per heavy atom. The van der Waals surface area contributed by atoms with Gasteiger partial charge in [-0.15, -0.1) is 0 Å². The van der Waals surface area contributed by atoms with Gasteiger partial charge in [-0.05, 0) is 46.6 Å². The summed E-state index contributed by atoms with van der Waals surface area (Å²) < 4.78 is 11.5. The zero-order chi connectivity index (χ0) is 26.1. The van der Waals surface area contributed by atoms with Crippen LogP contribution in [0, 0.1) is 5.41 Å². The third kappa shape index (κ3) is 5.80. The monoisotopic (exact) mass is 536 g/mol. The van der Waals surface area contributed by atoms with Gasteiger partial charge in [0.15, 0.2) is 5.82 Å². The molecule has 2 aliphatic rings. The first kappa shape index (κ1) is 26.7. The molecule has 2 aliphatic heterocycles. The van der Waals surface area contributed by atoms with Gasteiger partial charge >= 0.3 is 6.09 Å². The lowest BCUT2D eigenvalue weighted by atomic mass is 9.73. The summed E-state index contributed by atoms with van der Waals surface area (Å²) >= 11 is 7.57. The Morgan fingerprint density at radius 2 is 2.11 bits per heavy atom. The molecule has 0 bridgehead atoms. The third-order valence-corrected chi connectivity index (χ3v) is 8.01. The fraction of sp³-hybridized carbons (Fsp3) is 0.583. The van der Waals surface area contributed by atoms with Gasteiger partial charge in [-0.3, -0.25) is 0 Å². The molecule has 0 radical (unpaired) electrons. The Balaban J connectivity index is 1.45. The zero-order valence-corrected chi connectivity index (χ0v) is 22.5. The lowest BCUT2D eigenvalue weighted by molar-refractivity contribution is 0.0434. The van der Waals surface area contributed by atoms with Gasteiger partial charge in [0.2, 0.25) is 0 Å². The van der Waals surface area contributed by atoms with Crippen LogP contribution in [0.25, 0.3) is 0 Å². The van der Waals surface area contributed by atoms with Gasteiger partial charge in [0.1, 0.15) is 22.1 Å². The van der Waals surface area contributed by atoms with Crippen molar-refractivity contribution in [1.82, 2.24) is 20.3 Å². The Morgan fingerprint density at radius 3 is 2.78 bits per heavy atom. The lowest BCUT2D eigenvalue weighted by Gasteiger charge is -2.43. The van der Waals surface area contributed by atoms with Crippen LogP contribution in [-0.4, -0.2) is 63.6 Å². The molecule has 10 nitrogen and oxygen atoms in total. The van der Waals surface area contributed by atoms with Gasteiger partial charge in [0.25, 0.3) is 0 Å². The van der Waals surface area contributed by atoms with Crippen molar-refractivity contribution in [3.8, 4) is 0 Å². The molecule has 2 atom stereocenters. The Labute approximate surface area is 220 Å². The van der Waals surface area contributed by atoms with E-state index in [2.05, 4.69) is 25.2 Å². The highest BCUT2D eigenvalue weighted by Gasteiger charge is 2.50. The van der Waals surface area contributed by atoms with Crippen LogP contribution in [0.1, 0.15) is 46.2 Å². The number of aliphatic hydroxyl groups is 1. The van der Waals surface area contributed by atoms with Crippen LogP contribution in [0.4, 0.5) is 16.4 Å². The smallest absolute Gasteiger partial charge is 0.407 e. The lowest BCUT2D eigenvalue weighted by Crippen LogP contribution is -2.55. The van der Waals surface area contributed by atoms with Gasteiger partial charge in [0.05, 0.1) is 36.6 Å². The van der Waals surface area contributed by atoms with Crippen LogP contribution >= 0.6 is 23.4 Å². The van der Waals surface area contributed by atoms with Crippen molar-refractivity contribution in [2.45, 2.75) is 74.8 Å². The van der Waals surface area contributed by atoms with Crippen molar-refractivity contribution in [3.05, 3.63) is 29.2 Å². The highest BCUT2D eigenvalue weighted by molar-refractivity contribution is 7.99. The number of aromatic nitrogens is 3. The molecule has 36 heavy (non-hydrogen) atoms. The molecule has 2 fully saturated rings. The number of amides is 1. The number of anilines is 2. The zero-order valence-electron chi connectivity index (χ0n) is 21.0. The van der Waals surface area contributed by atoms with Crippen molar-refractivity contribution in [2.24, 2.45) is 5.41 Å². The number of nitrogen functional groups attached to an aromatic ring is 1. The number of rotatable bonds is 5. The van der Waals surface area contributed by atoms with Crippen LogP contribution < -0.4 is 16.0 Å². The van der Waals surface area contributed by atoms with E-state index in [1.165, 1.54) is 11.8 Å². The summed E-state index contributed by atoms with van der Waals surface area (Å²) in [5.41, 5.74) is 5.53. The maximum absolute atomic E-state index is 12.5. The van der Waals surface area contributed by atoms with E-state index in [0.29, 0.717) is 46.2 Å². The van der Waals surface area contributed by atoms with E-state index in [9.17, 15) is 9.90 Å². The summed E-state index contributed by atoms with van der Waals surface area (Å²) in [6.45, 7) is 9.25. The molecule has 2 aromatic heterocycles. The van der Waals surface area contributed by atoms with E-state index < -0.39 is 11.7 Å². The molecule has 2 saturated heterocycles. The van der Waals surface area contributed by atoms with Gasteiger partial charge in [-0.1, -0.05) is 23.4 Å². The fourth-order valence-corrected chi connectivity index (χ4v) is 5.80. The van der Waals surface area contributed by atoms with E-state index in [4.69, 9.17) is 26.8 Å². The number of alkyl carbamates (subject to hydrolysis) is 1. The number of nitrogens with one attached hydrogen (secondary N) is 1. The minimum absolute atomic E-state index is 0.109. The highest BCUT2D eigenvalue weighted by atomic mass is 35.5. The number of nitrogens with zero attached hydrogens (tertiary/aromatic N) is 4. The maximum Gasteiger partial charge on any atom is 0.407 e. The second-order valence-electron chi connectivity index (χ2n) is 10.2. The molecule has 196 valence electrons. The second-order valence-corrected chi connectivity index (χ2v) is 11.7. The molecular formula is C24H33ClN6O4S. The predicted molar refractivity (Wildman–Crippen MR) is 138 cm³/mol. The van der Waals surface area contributed by atoms with E-state index in [1.54, 1.807) is 18.5 Å². The standard InChI is InChI=1S/C24H33ClN6O4S/c1-14-19(30-22(33)35-23(2,3)4)24(13-34-14)6-9-31(10-7-24)21-15(12-32)29-17(11-28-21)36-16-5-8-27-20(26)18(16)25/h5,8,11,14,19,32H,6-7,9-10,12-13H2,1-4H3,(H2,26,27)(H,30,33)/t14-,19+/m0/s1. The van der Waals surface area contributed by atoms with Crippen molar-refractivity contribution in [2.75, 3.05) is 30.3 Å². The number of hydrogen-bond acceptors (Lipinski definition) is 10. The number of halogens is 1. The van der Waals surface area contributed by atoms with Crippen molar-refractivity contribution < 1.29 is 19.4 Å². The highest BCUT2D eigenvalue weighted by Crippen LogP contribution is 2.43. The number of ether oxygens (including phenoxy) is 2. The number of pyridine rings is 1. The summed E-state index contributed by atoms with van der Waals surface area (Å²) in [5.74, 6) is 0.904. The summed E-state index contributed by atoms with van der Waals surface area (Å²) in [4.78, 5) is 28.6. The topological polar surface area (TPSA) is 136 Å². The van der Waals surface area contributed by atoms with Crippen LogP contribution in [-0.2, 0) is 16.1 Å². The largest absolute Gasteiger partial charge is 0.444 e. The van der Waals surface area contributed by atoms with Gasteiger partial charge < -0.3 is 30.5 Å². The van der Waals surface area contributed by atoms with Gasteiger partial charge in [-0.2, -0.15) is 0 Å². The number of piperidine rings is 1. The SMILES string of the molecule is C[C@@H]1OCC2(CCN(c3ncc(Sc4ccnc(N)c4Cl)nc3CO)CC2)[C@@H]1NC(=O)OC(C)(C)C. The van der Waals surface area contributed by atoms with Crippen LogP contribution in [0.3, 0.4) is 0 Å². The predicted octanol–water partition coefficient (Wildman–Crippen LogP) is 3.65. The molecular weight excluding hydrogens is 504 g/mol. The molecule has 0 saturated carbocycles. The molecule has 4 rings (SSSR count). The molecule has 1 amide bonds. The van der Waals surface area contributed by atoms with Crippen LogP contribution in [0.5, 0.6) is 0 Å². The van der Waals surface area contributed by atoms with Crippen molar-refractivity contribution in [1.29, 1.82) is 0 Å². The van der Waals surface area contributed by atoms with E-state index in [-0.39, 0.29) is 30.0 Å². The molecule has 2 aromatic rings. The summed E-state index contributed by atoms with van der Waals surface area (Å²) in [5, 5.41) is 14.1. The number of hydrogen-bond donors (Lipinski definition) is 3. The second kappa shape index (κ2) is 10.6. The minimum atomic E-state index is -0.567. The molecule has 4 heterocycles. The molecule has 0 aliphatic carbocycles. The number of aliphatic hydroxyl groups excluding tert-OH is 1. The van der Waals surface area contributed by atoms with Gasteiger partial charge in [-0.25, -0.2) is 19.7 Å². The van der Waals surface area contributed by atoms with Crippen LogP contribution in [0.15, 0.2) is 28.4 Å². The Hall–Kier alpha value is -2.34. The molecule has 12 heteroatoms. The average molecular weight is 537 g/mol. The Bertz CT molecular complexity index is 1110. The number of carbonyl (C=O) groups is 1. The van der Waals surface area contributed by atoms with E-state index >= 15 is 0 Å². The third-order valence-electron chi connectivity index (χ3n) is 6.54.